The van der Waals surface area contributed by atoms with Crippen LogP contribution in [-0.2, 0) is 30.3 Å². The van der Waals surface area contributed by atoms with Gasteiger partial charge in [-0.1, -0.05) is 6.07 Å². The van der Waals surface area contributed by atoms with Gasteiger partial charge in [-0.05, 0) is 11.6 Å². The van der Waals surface area contributed by atoms with Gasteiger partial charge >= 0.3 is 5.97 Å². The van der Waals surface area contributed by atoms with Crippen molar-refractivity contribution in [1.82, 2.24) is 20.1 Å². The minimum atomic E-state index is -0.923. The summed E-state index contributed by atoms with van der Waals surface area (Å²) in [6, 6.07) is 1.73. The lowest BCUT2D eigenvalue weighted by Gasteiger charge is -2.40. The van der Waals surface area contributed by atoms with E-state index >= 15 is 0 Å². The maximum absolute atomic E-state index is 12.8. The Morgan fingerprint density at radius 2 is 2.00 bits per heavy atom. The molecule has 1 N–H and O–H groups in total. The zero-order valence-electron chi connectivity index (χ0n) is 15.7. The number of ether oxygens (including phenoxy) is 1. The zero-order valence-corrected chi connectivity index (χ0v) is 15.7. The number of aromatic nitrogens is 1. The van der Waals surface area contributed by atoms with Gasteiger partial charge < -0.3 is 19.9 Å². The number of hydrogen-bond acceptors (Lipinski definition) is 6. The highest BCUT2D eigenvalue weighted by Gasteiger charge is 2.36. The molecule has 0 aliphatic carbocycles. The van der Waals surface area contributed by atoms with Gasteiger partial charge in [-0.2, -0.15) is 0 Å². The summed E-state index contributed by atoms with van der Waals surface area (Å²) in [7, 11) is 1.24. The molecule has 3 amide bonds. The van der Waals surface area contributed by atoms with Crippen molar-refractivity contribution < 1.29 is 23.9 Å². The third-order valence-corrected chi connectivity index (χ3v) is 4.50. The van der Waals surface area contributed by atoms with E-state index < -0.39 is 24.0 Å². The summed E-state index contributed by atoms with van der Waals surface area (Å²) in [5.41, 5.74) is 0.755. The van der Waals surface area contributed by atoms with Crippen LogP contribution < -0.4 is 5.32 Å². The van der Waals surface area contributed by atoms with Crippen LogP contribution in [0.15, 0.2) is 24.5 Å². The topological polar surface area (TPSA) is 109 Å². The molecule has 0 saturated carbocycles. The van der Waals surface area contributed by atoms with Crippen molar-refractivity contribution in [3.05, 3.63) is 30.1 Å². The molecule has 146 valence electrons. The van der Waals surface area contributed by atoms with Crippen molar-refractivity contribution in [3.8, 4) is 0 Å². The molecule has 0 aromatic carbocycles. The lowest BCUT2D eigenvalue weighted by atomic mass is 10.1. The highest BCUT2D eigenvalue weighted by Crippen LogP contribution is 2.12. The second-order valence-electron chi connectivity index (χ2n) is 6.34. The third-order valence-electron chi connectivity index (χ3n) is 4.50. The molecule has 0 bridgehead atoms. The van der Waals surface area contributed by atoms with Gasteiger partial charge in [0.05, 0.1) is 13.7 Å². The van der Waals surface area contributed by atoms with E-state index in [1.54, 1.807) is 24.5 Å². The van der Waals surface area contributed by atoms with Crippen LogP contribution in [0.4, 0.5) is 0 Å². The molecule has 9 nitrogen and oxygen atoms in total. The minimum Gasteiger partial charge on any atom is -0.467 e. The molecule has 9 heteroatoms. The highest BCUT2D eigenvalue weighted by atomic mass is 16.5. The van der Waals surface area contributed by atoms with Crippen LogP contribution in [0.1, 0.15) is 19.4 Å². The number of carbonyl (C=O) groups excluding carboxylic acids is 4. The van der Waals surface area contributed by atoms with Gasteiger partial charge in [-0.15, -0.1) is 0 Å². The van der Waals surface area contributed by atoms with Crippen LogP contribution in [0.2, 0.25) is 0 Å². The van der Waals surface area contributed by atoms with E-state index in [2.05, 4.69) is 10.3 Å². The van der Waals surface area contributed by atoms with Crippen LogP contribution in [-0.4, -0.2) is 77.3 Å². The summed E-state index contributed by atoms with van der Waals surface area (Å²) >= 11 is 0. The number of nitrogens with one attached hydrogen (secondary N) is 1. The molecule has 2 rings (SSSR count). The van der Waals surface area contributed by atoms with Crippen LogP contribution >= 0.6 is 0 Å². The van der Waals surface area contributed by atoms with Crippen LogP contribution in [0.5, 0.6) is 0 Å². The normalized spacial score (nSPS) is 17.8. The molecule has 1 fully saturated rings. The Labute approximate surface area is 157 Å². The number of methoxy groups -OCH3 is 1. The average Bonchev–Trinajstić information content (AvgIpc) is 2.66. The molecule has 1 aliphatic rings. The van der Waals surface area contributed by atoms with Gasteiger partial charge in [0.1, 0.15) is 12.1 Å². The standard InChI is InChI=1S/C18H24N4O5/c1-12(23)21-7-8-22(13(2)24)16(11-21)17(25)20-15(18(26)27-3)9-14-5-4-6-19-10-14/h4-6,10,15-16H,7-9,11H2,1-3H3,(H,20,25)/t15-,16-/m1/s1. The fourth-order valence-corrected chi connectivity index (χ4v) is 3.03. The third kappa shape index (κ3) is 5.25. The van der Waals surface area contributed by atoms with Crippen LogP contribution in [0.3, 0.4) is 0 Å². The molecular weight excluding hydrogens is 352 g/mol. The van der Waals surface area contributed by atoms with E-state index in [0.29, 0.717) is 6.54 Å². The summed E-state index contributed by atoms with van der Waals surface area (Å²) in [5.74, 6) is -1.53. The van der Waals surface area contributed by atoms with Crippen LogP contribution in [0.25, 0.3) is 0 Å². The SMILES string of the molecule is COC(=O)[C@@H](Cc1cccnc1)NC(=O)[C@H]1CN(C(C)=O)CCN1C(C)=O. The first-order valence-electron chi connectivity index (χ1n) is 8.63. The number of amides is 3. The molecule has 1 aromatic rings. The van der Waals surface area contributed by atoms with Crippen molar-refractivity contribution in [2.75, 3.05) is 26.7 Å². The molecular formula is C18H24N4O5. The predicted molar refractivity (Wildman–Crippen MR) is 95.3 cm³/mol. The number of piperazine rings is 1. The second-order valence-corrected chi connectivity index (χ2v) is 6.34. The van der Waals surface area contributed by atoms with E-state index in [-0.39, 0.29) is 31.3 Å². The van der Waals surface area contributed by atoms with E-state index in [0.717, 1.165) is 5.56 Å². The fourth-order valence-electron chi connectivity index (χ4n) is 3.03. The van der Waals surface area contributed by atoms with Crippen LogP contribution in [0, 0.1) is 0 Å². The molecule has 1 saturated heterocycles. The summed E-state index contributed by atoms with van der Waals surface area (Å²) in [4.78, 5) is 55.4. The minimum absolute atomic E-state index is 0.0849. The highest BCUT2D eigenvalue weighted by molar-refractivity contribution is 5.91. The molecule has 1 aromatic heterocycles. The van der Waals surface area contributed by atoms with Gasteiger partial charge in [0, 0.05) is 45.8 Å². The average molecular weight is 376 g/mol. The monoisotopic (exact) mass is 376 g/mol. The Bertz CT molecular complexity index is 709. The van der Waals surface area contributed by atoms with Crippen molar-refractivity contribution >= 4 is 23.7 Å². The number of nitrogens with zero attached hydrogens (tertiary/aromatic N) is 3. The summed E-state index contributed by atoms with van der Waals surface area (Å²) in [6.07, 6.45) is 3.41. The molecule has 1 aliphatic heterocycles. The van der Waals surface area contributed by atoms with Gasteiger partial charge in [0.2, 0.25) is 17.7 Å². The number of rotatable bonds is 5. The lowest BCUT2D eigenvalue weighted by Crippen LogP contribution is -2.62. The van der Waals surface area contributed by atoms with E-state index in [1.807, 2.05) is 0 Å². The first-order chi connectivity index (χ1) is 12.8. The second kappa shape index (κ2) is 9.11. The Hall–Kier alpha value is -2.97. The van der Waals surface area contributed by atoms with Crippen molar-refractivity contribution in [2.24, 2.45) is 0 Å². The first kappa shape index (κ1) is 20.3. The Kier molecular flexibility index (Phi) is 6.86. The first-order valence-corrected chi connectivity index (χ1v) is 8.63. The van der Waals surface area contributed by atoms with Gasteiger partial charge in [-0.3, -0.25) is 19.4 Å². The Morgan fingerprint density at radius 1 is 1.26 bits per heavy atom. The summed E-state index contributed by atoms with van der Waals surface area (Å²) in [6.45, 7) is 3.50. The largest absolute Gasteiger partial charge is 0.467 e. The molecule has 0 unspecified atom stereocenters. The smallest absolute Gasteiger partial charge is 0.328 e. The molecule has 27 heavy (non-hydrogen) atoms. The fraction of sp³-hybridized carbons (Fsp3) is 0.500. The van der Waals surface area contributed by atoms with E-state index in [4.69, 9.17) is 4.74 Å². The molecule has 2 heterocycles. The van der Waals surface area contributed by atoms with E-state index in [9.17, 15) is 19.2 Å². The zero-order chi connectivity index (χ0) is 20.0. The number of hydrogen-bond donors (Lipinski definition) is 1. The van der Waals surface area contributed by atoms with Gasteiger partial charge in [0.25, 0.3) is 0 Å². The maximum Gasteiger partial charge on any atom is 0.328 e. The van der Waals surface area contributed by atoms with Crippen molar-refractivity contribution in [1.29, 1.82) is 0 Å². The Morgan fingerprint density at radius 3 is 2.56 bits per heavy atom. The number of pyridine rings is 1. The van der Waals surface area contributed by atoms with Gasteiger partial charge in [-0.25, -0.2) is 4.79 Å². The number of carbonyl (C=O) groups is 4. The lowest BCUT2D eigenvalue weighted by molar-refractivity contribution is -0.150. The summed E-state index contributed by atoms with van der Waals surface area (Å²) < 4.78 is 4.79. The quantitative estimate of drug-likeness (QED) is 0.685. The summed E-state index contributed by atoms with van der Waals surface area (Å²) in [5, 5.41) is 2.66. The molecule has 2 atom stereocenters. The molecule has 0 spiro atoms. The maximum atomic E-state index is 12.8. The van der Waals surface area contributed by atoms with Crippen molar-refractivity contribution in [3.63, 3.8) is 0 Å². The Balaban J connectivity index is 2.16. The molecule has 0 radical (unpaired) electrons. The van der Waals surface area contributed by atoms with Crippen molar-refractivity contribution in [2.45, 2.75) is 32.4 Å². The van der Waals surface area contributed by atoms with Gasteiger partial charge in [0.15, 0.2) is 0 Å². The van der Waals surface area contributed by atoms with E-state index in [1.165, 1.54) is 30.8 Å². The number of esters is 1. The predicted octanol–water partition coefficient (Wildman–Crippen LogP) is -0.639.